The second-order valence-electron chi connectivity index (χ2n) is 2.87. The highest BCUT2D eigenvalue weighted by Gasteiger charge is 2.01. The van der Waals surface area contributed by atoms with Crippen LogP contribution in [0.1, 0.15) is 12.2 Å². The lowest BCUT2D eigenvalue weighted by Crippen LogP contribution is -2.25. The van der Waals surface area contributed by atoms with Crippen molar-refractivity contribution in [1.82, 2.24) is 20.1 Å². The monoisotopic (exact) mass is 260 g/mol. The molecular weight excluding hydrogens is 248 g/mol. The molecule has 0 aliphatic carbocycles. The third-order valence-electron chi connectivity index (χ3n) is 1.64. The smallest absolute Gasteiger partial charge is 0.220 e. The van der Waals surface area contributed by atoms with Crippen LogP contribution in [0.15, 0.2) is 6.33 Å². The number of alkyl halides is 1. The van der Waals surface area contributed by atoms with E-state index in [4.69, 9.17) is 0 Å². The number of aromatic nitrogens is 3. The van der Waals surface area contributed by atoms with Gasteiger partial charge in [0.2, 0.25) is 5.91 Å². The van der Waals surface area contributed by atoms with Crippen LogP contribution >= 0.6 is 15.9 Å². The summed E-state index contributed by atoms with van der Waals surface area (Å²) in [6.45, 7) is 0.593. The van der Waals surface area contributed by atoms with E-state index < -0.39 is 0 Å². The van der Waals surface area contributed by atoms with Crippen LogP contribution in [0.4, 0.5) is 0 Å². The predicted molar refractivity (Wildman–Crippen MR) is 56.1 cm³/mol. The van der Waals surface area contributed by atoms with E-state index >= 15 is 0 Å². The highest BCUT2D eigenvalue weighted by Crippen LogP contribution is 1.90. The molecule has 0 atom stereocenters. The van der Waals surface area contributed by atoms with Gasteiger partial charge in [0.25, 0.3) is 0 Å². The molecule has 0 saturated heterocycles. The molecule has 5 nitrogen and oxygen atoms in total. The molecule has 0 radical (unpaired) electrons. The Morgan fingerprint density at radius 2 is 2.50 bits per heavy atom. The molecule has 1 heterocycles. The van der Waals surface area contributed by atoms with Gasteiger partial charge in [-0.25, -0.2) is 4.98 Å². The molecule has 1 amide bonds. The molecular formula is C8H13BrN4O. The van der Waals surface area contributed by atoms with E-state index in [1.54, 1.807) is 11.0 Å². The minimum atomic E-state index is 0.0535. The van der Waals surface area contributed by atoms with Crippen molar-refractivity contribution in [2.75, 3.05) is 11.9 Å². The molecule has 1 N–H and O–H groups in total. The first-order valence-electron chi connectivity index (χ1n) is 4.39. The number of rotatable bonds is 5. The maximum absolute atomic E-state index is 11.1. The zero-order valence-electron chi connectivity index (χ0n) is 8.03. The molecule has 78 valence electrons. The number of hydrogen-bond acceptors (Lipinski definition) is 3. The second-order valence-corrected chi connectivity index (χ2v) is 3.67. The normalized spacial score (nSPS) is 10.1. The van der Waals surface area contributed by atoms with E-state index in [1.165, 1.54) is 0 Å². The summed E-state index contributed by atoms with van der Waals surface area (Å²) >= 11 is 3.20. The summed E-state index contributed by atoms with van der Waals surface area (Å²) in [4.78, 5) is 15.1. The second kappa shape index (κ2) is 5.74. The van der Waals surface area contributed by atoms with Crippen LogP contribution in [0.2, 0.25) is 0 Å². The molecule has 0 spiro atoms. The largest absolute Gasteiger partial charge is 0.356 e. The van der Waals surface area contributed by atoms with E-state index in [0.717, 1.165) is 5.82 Å². The molecule has 0 aliphatic rings. The lowest BCUT2D eigenvalue weighted by atomic mass is 10.4. The summed E-state index contributed by atoms with van der Waals surface area (Å²) < 4.78 is 1.65. The van der Waals surface area contributed by atoms with Crippen LogP contribution < -0.4 is 5.32 Å². The van der Waals surface area contributed by atoms with Gasteiger partial charge in [0.15, 0.2) is 5.82 Å². The number of hydrogen-bond donors (Lipinski definition) is 1. The highest BCUT2D eigenvalue weighted by atomic mass is 79.9. The van der Waals surface area contributed by atoms with Crippen LogP contribution in [-0.4, -0.2) is 32.5 Å². The Kier molecular flexibility index (Phi) is 4.58. The maximum atomic E-state index is 11.1. The molecule has 0 unspecified atom stereocenters. The first kappa shape index (κ1) is 11.2. The van der Waals surface area contributed by atoms with Gasteiger partial charge in [0.05, 0.1) is 0 Å². The van der Waals surface area contributed by atoms with E-state index in [0.29, 0.717) is 24.7 Å². The number of amides is 1. The summed E-state index contributed by atoms with van der Waals surface area (Å²) in [7, 11) is 1.82. The summed E-state index contributed by atoms with van der Waals surface area (Å²) in [5.41, 5.74) is 0. The summed E-state index contributed by atoms with van der Waals surface area (Å²) in [5, 5.41) is 7.58. The number of carbonyl (C=O) groups is 1. The number of nitrogens with zero attached hydrogens (tertiary/aromatic N) is 3. The maximum Gasteiger partial charge on any atom is 0.220 e. The summed E-state index contributed by atoms with van der Waals surface area (Å²) in [6, 6.07) is 0. The van der Waals surface area contributed by atoms with Crippen LogP contribution in [0, 0.1) is 0 Å². The molecule has 0 bridgehead atoms. The van der Waals surface area contributed by atoms with Gasteiger partial charge in [0, 0.05) is 31.8 Å². The number of halogens is 1. The van der Waals surface area contributed by atoms with Crippen LogP contribution in [0.3, 0.4) is 0 Å². The Morgan fingerprint density at radius 3 is 3.07 bits per heavy atom. The zero-order valence-corrected chi connectivity index (χ0v) is 9.62. The minimum absolute atomic E-state index is 0.0535. The van der Waals surface area contributed by atoms with Gasteiger partial charge in [0.1, 0.15) is 6.33 Å². The molecule has 1 aromatic rings. The fraction of sp³-hybridized carbons (Fsp3) is 0.625. The van der Waals surface area contributed by atoms with Gasteiger partial charge in [-0.1, -0.05) is 15.9 Å². The van der Waals surface area contributed by atoms with Crippen molar-refractivity contribution in [3.8, 4) is 0 Å². The van der Waals surface area contributed by atoms with Crippen LogP contribution in [0.5, 0.6) is 0 Å². The molecule has 1 rings (SSSR count). The number of carbonyl (C=O) groups excluding carboxylic acids is 1. The van der Waals surface area contributed by atoms with Crippen LogP contribution in [0.25, 0.3) is 0 Å². The molecule has 6 heteroatoms. The third kappa shape index (κ3) is 3.87. The fourth-order valence-corrected chi connectivity index (χ4v) is 1.35. The molecule has 1 aromatic heterocycles. The third-order valence-corrected chi connectivity index (χ3v) is 2.04. The van der Waals surface area contributed by atoms with E-state index in [9.17, 15) is 4.79 Å². The van der Waals surface area contributed by atoms with Crippen molar-refractivity contribution in [2.45, 2.75) is 12.8 Å². The Labute approximate surface area is 91.0 Å². The number of nitrogens with one attached hydrogen (secondary N) is 1. The van der Waals surface area contributed by atoms with E-state index in [1.807, 2.05) is 7.05 Å². The minimum Gasteiger partial charge on any atom is -0.356 e. The van der Waals surface area contributed by atoms with Crippen molar-refractivity contribution < 1.29 is 4.79 Å². The van der Waals surface area contributed by atoms with Gasteiger partial charge < -0.3 is 5.32 Å². The predicted octanol–water partition coefficient (Wildman–Crippen LogP) is 0.259. The SMILES string of the molecule is Cn1cnc(CCNC(=O)CCBr)n1. The van der Waals surface area contributed by atoms with Crippen molar-refractivity contribution in [1.29, 1.82) is 0 Å². The summed E-state index contributed by atoms with van der Waals surface area (Å²) in [5.74, 6) is 0.810. The average Bonchev–Trinajstić information content (AvgIpc) is 2.52. The van der Waals surface area contributed by atoms with Gasteiger partial charge in [-0.3, -0.25) is 9.48 Å². The van der Waals surface area contributed by atoms with Gasteiger partial charge in [-0.05, 0) is 0 Å². The van der Waals surface area contributed by atoms with E-state index in [2.05, 4.69) is 31.3 Å². The zero-order chi connectivity index (χ0) is 10.4. The molecule has 0 aromatic carbocycles. The summed E-state index contributed by atoms with van der Waals surface area (Å²) in [6.07, 6.45) is 2.83. The van der Waals surface area contributed by atoms with Crippen molar-refractivity contribution in [3.05, 3.63) is 12.2 Å². The first-order chi connectivity index (χ1) is 6.72. The Morgan fingerprint density at radius 1 is 1.71 bits per heavy atom. The fourth-order valence-electron chi connectivity index (χ4n) is 0.986. The molecule has 14 heavy (non-hydrogen) atoms. The van der Waals surface area contributed by atoms with Gasteiger partial charge in [-0.15, -0.1) is 0 Å². The van der Waals surface area contributed by atoms with Crippen LogP contribution in [-0.2, 0) is 18.3 Å². The van der Waals surface area contributed by atoms with Gasteiger partial charge >= 0.3 is 0 Å². The standard InChI is InChI=1S/C8H13BrN4O/c1-13-6-11-7(12-13)3-5-10-8(14)2-4-9/h6H,2-5H2,1H3,(H,10,14). The Bertz CT molecular complexity index is 299. The Hall–Kier alpha value is -0.910. The molecule has 0 saturated carbocycles. The average molecular weight is 261 g/mol. The van der Waals surface area contributed by atoms with Crippen molar-refractivity contribution in [2.24, 2.45) is 7.05 Å². The first-order valence-corrected chi connectivity index (χ1v) is 5.51. The number of aryl methyl sites for hydroxylation is 1. The highest BCUT2D eigenvalue weighted by molar-refractivity contribution is 9.09. The lowest BCUT2D eigenvalue weighted by molar-refractivity contribution is -0.120. The van der Waals surface area contributed by atoms with Gasteiger partial charge in [-0.2, -0.15) is 5.10 Å². The van der Waals surface area contributed by atoms with E-state index in [-0.39, 0.29) is 5.91 Å². The van der Waals surface area contributed by atoms with Crippen molar-refractivity contribution in [3.63, 3.8) is 0 Å². The Balaban J connectivity index is 2.18. The topological polar surface area (TPSA) is 59.8 Å². The van der Waals surface area contributed by atoms with Crippen molar-refractivity contribution >= 4 is 21.8 Å². The molecule has 0 aliphatic heterocycles. The quantitative estimate of drug-likeness (QED) is 0.773. The molecule has 0 fully saturated rings. The lowest BCUT2D eigenvalue weighted by Gasteiger charge is -2.00.